The molecule has 0 heterocycles. The van der Waals surface area contributed by atoms with E-state index in [0.29, 0.717) is 6.54 Å². The summed E-state index contributed by atoms with van der Waals surface area (Å²) in [5.74, 6) is 0.906. The van der Waals surface area contributed by atoms with Crippen LogP contribution in [0.25, 0.3) is 10.4 Å². The molecule has 4 nitrogen and oxygen atoms in total. The molecular weight excluding hydrogens is 188 g/mol. The Kier molecular flexibility index (Phi) is 6.21. The molecule has 15 heavy (non-hydrogen) atoms. The van der Waals surface area contributed by atoms with Gasteiger partial charge in [0.25, 0.3) is 0 Å². The van der Waals surface area contributed by atoms with Crippen molar-refractivity contribution in [3.63, 3.8) is 0 Å². The van der Waals surface area contributed by atoms with Crippen LogP contribution >= 0.6 is 0 Å². The van der Waals surface area contributed by atoms with Gasteiger partial charge < -0.3 is 4.90 Å². The lowest BCUT2D eigenvalue weighted by molar-refractivity contribution is 0.233. The molecule has 0 N–H and O–H groups in total. The number of nitrogens with zero attached hydrogens (tertiary/aromatic N) is 4. The van der Waals surface area contributed by atoms with Crippen LogP contribution in [0.3, 0.4) is 0 Å². The van der Waals surface area contributed by atoms with Gasteiger partial charge >= 0.3 is 0 Å². The molecule has 86 valence electrons. The fraction of sp³-hybridized carbons (Fsp3) is 1.00. The maximum Gasteiger partial charge on any atom is 0.0270 e. The van der Waals surface area contributed by atoms with E-state index in [1.54, 1.807) is 0 Å². The van der Waals surface area contributed by atoms with Crippen LogP contribution in [0.4, 0.5) is 0 Å². The minimum Gasteiger partial charge on any atom is -0.306 e. The second kappa shape index (κ2) is 7.55. The molecule has 0 bridgehead atoms. The van der Waals surface area contributed by atoms with Crippen LogP contribution in [0.5, 0.6) is 0 Å². The van der Waals surface area contributed by atoms with Gasteiger partial charge in [0.2, 0.25) is 0 Å². The third-order valence-electron chi connectivity index (χ3n) is 3.16. The second-order valence-electron chi connectivity index (χ2n) is 4.57. The highest BCUT2D eigenvalue weighted by Gasteiger charge is 2.14. The van der Waals surface area contributed by atoms with Crippen LogP contribution in [-0.4, -0.2) is 31.6 Å². The minimum absolute atomic E-state index is 0.630. The van der Waals surface area contributed by atoms with E-state index in [4.69, 9.17) is 5.53 Å². The number of azide groups is 1. The molecular formula is C11H22N4. The largest absolute Gasteiger partial charge is 0.306 e. The summed E-state index contributed by atoms with van der Waals surface area (Å²) in [7, 11) is 2.17. The van der Waals surface area contributed by atoms with Crippen molar-refractivity contribution >= 4 is 0 Å². The monoisotopic (exact) mass is 210 g/mol. The summed E-state index contributed by atoms with van der Waals surface area (Å²) >= 11 is 0. The van der Waals surface area contributed by atoms with Crippen molar-refractivity contribution in [2.75, 3.05) is 26.7 Å². The third kappa shape index (κ3) is 5.65. The summed E-state index contributed by atoms with van der Waals surface area (Å²) in [5.41, 5.74) is 8.14. The van der Waals surface area contributed by atoms with Crippen molar-refractivity contribution < 1.29 is 0 Å². The second-order valence-corrected chi connectivity index (χ2v) is 4.57. The average molecular weight is 210 g/mol. The van der Waals surface area contributed by atoms with Crippen molar-refractivity contribution in [3.8, 4) is 0 Å². The van der Waals surface area contributed by atoms with Crippen molar-refractivity contribution in [1.82, 2.24) is 4.90 Å². The van der Waals surface area contributed by atoms with E-state index in [-0.39, 0.29) is 0 Å². The normalized spacial score (nSPS) is 17.7. The van der Waals surface area contributed by atoms with Crippen molar-refractivity contribution in [3.05, 3.63) is 10.4 Å². The summed E-state index contributed by atoms with van der Waals surface area (Å²) in [6.45, 7) is 2.90. The summed E-state index contributed by atoms with van der Waals surface area (Å²) in [6, 6.07) is 0. The van der Waals surface area contributed by atoms with E-state index < -0.39 is 0 Å². The summed E-state index contributed by atoms with van der Waals surface area (Å²) in [6.07, 6.45) is 8.04. The zero-order valence-corrected chi connectivity index (χ0v) is 9.73. The molecule has 4 heteroatoms. The molecule has 1 rings (SSSR count). The fourth-order valence-corrected chi connectivity index (χ4v) is 2.36. The molecule has 0 unspecified atom stereocenters. The molecule has 0 aromatic carbocycles. The molecule has 1 fully saturated rings. The average Bonchev–Trinajstić information content (AvgIpc) is 2.26. The standard InChI is InChI=1S/C11H22N4/c1-15(9-5-8-13-14-12)10-11-6-3-2-4-7-11/h11H,2-10H2,1H3. The predicted octanol–water partition coefficient (Wildman–Crippen LogP) is 3.20. The molecule has 0 radical (unpaired) electrons. The number of hydrogen-bond acceptors (Lipinski definition) is 2. The van der Waals surface area contributed by atoms with Gasteiger partial charge in [-0.05, 0) is 44.3 Å². The van der Waals surface area contributed by atoms with Crippen LogP contribution in [0.15, 0.2) is 5.11 Å². The summed E-state index contributed by atoms with van der Waals surface area (Å²) < 4.78 is 0. The number of hydrogen-bond donors (Lipinski definition) is 0. The first-order valence-corrected chi connectivity index (χ1v) is 6.02. The van der Waals surface area contributed by atoms with Gasteiger partial charge in [0.15, 0.2) is 0 Å². The molecule has 0 atom stereocenters. The number of rotatable bonds is 6. The van der Waals surface area contributed by atoms with Gasteiger partial charge in [0.05, 0.1) is 0 Å². The minimum atomic E-state index is 0.630. The molecule has 1 saturated carbocycles. The van der Waals surface area contributed by atoms with Gasteiger partial charge in [-0.2, -0.15) is 0 Å². The van der Waals surface area contributed by atoms with Gasteiger partial charge in [0, 0.05) is 18.0 Å². The van der Waals surface area contributed by atoms with Crippen molar-refractivity contribution in [1.29, 1.82) is 0 Å². The maximum atomic E-state index is 8.14. The van der Waals surface area contributed by atoms with Crippen molar-refractivity contribution in [2.45, 2.75) is 38.5 Å². The quantitative estimate of drug-likeness (QED) is 0.287. The summed E-state index contributed by atoms with van der Waals surface area (Å²) in [4.78, 5) is 5.13. The Morgan fingerprint density at radius 1 is 1.33 bits per heavy atom. The predicted molar refractivity (Wildman–Crippen MR) is 62.7 cm³/mol. The van der Waals surface area contributed by atoms with Crippen LogP contribution in [0.1, 0.15) is 38.5 Å². The van der Waals surface area contributed by atoms with E-state index in [0.717, 1.165) is 18.9 Å². The smallest absolute Gasteiger partial charge is 0.0270 e. The highest BCUT2D eigenvalue weighted by atomic mass is 15.1. The van der Waals surface area contributed by atoms with Crippen LogP contribution < -0.4 is 0 Å². The van der Waals surface area contributed by atoms with E-state index in [2.05, 4.69) is 22.0 Å². The van der Waals surface area contributed by atoms with E-state index in [9.17, 15) is 0 Å². The molecule has 0 saturated heterocycles. The van der Waals surface area contributed by atoms with Crippen LogP contribution in [-0.2, 0) is 0 Å². The molecule has 1 aliphatic rings. The lowest BCUT2D eigenvalue weighted by Gasteiger charge is -2.26. The first kappa shape index (κ1) is 12.3. The Morgan fingerprint density at radius 3 is 2.73 bits per heavy atom. The molecule has 0 amide bonds. The first-order valence-electron chi connectivity index (χ1n) is 6.02. The third-order valence-corrected chi connectivity index (χ3v) is 3.16. The molecule has 1 aliphatic carbocycles. The van der Waals surface area contributed by atoms with Crippen LogP contribution in [0, 0.1) is 5.92 Å². The Balaban J connectivity index is 2.06. The van der Waals surface area contributed by atoms with E-state index >= 15 is 0 Å². The van der Waals surface area contributed by atoms with Gasteiger partial charge in [-0.15, -0.1) is 0 Å². The van der Waals surface area contributed by atoms with E-state index in [1.807, 2.05) is 0 Å². The topological polar surface area (TPSA) is 52.0 Å². The fourth-order valence-electron chi connectivity index (χ4n) is 2.36. The first-order chi connectivity index (χ1) is 7.33. The molecule has 0 aliphatic heterocycles. The van der Waals surface area contributed by atoms with Crippen LogP contribution in [0.2, 0.25) is 0 Å². The summed E-state index contributed by atoms with van der Waals surface area (Å²) in [5, 5.41) is 3.54. The van der Waals surface area contributed by atoms with Gasteiger partial charge in [-0.3, -0.25) is 0 Å². The van der Waals surface area contributed by atoms with Crippen molar-refractivity contribution in [2.24, 2.45) is 11.0 Å². The zero-order valence-electron chi connectivity index (χ0n) is 9.73. The Labute approximate surface area is 92.3 Å². The van der Waals surface area contributed by atoms with E-state index in [1.165, 1.54) is 38.6 Å². The Morgan fingerprint density at radius 2 is 2.07 bits per heavy atom. The molecule has 0 aromatic heterocycles. The van der Waals surface area contributed by atoms with Gasteiger partial charge in [-0.1, -0.05) is 24.4 Å². The molecule has 0 spiro atoms. The van der Waals surface area contributed by atoms with Gasteiger partial charge in [-0.25, -0.2) is 0 Å². The lowest BCUT2D eigenvalue weighted by atomic mass is 9.89. The highest BCUT2D eigenvalue weighted by molar-refractivity contribution is 4.69. The lowest BCUT2D eigenvalue weighted by Crippen LogP contribution is -2.28. The van der Waals surface area contributed by atoms with Gasteiger partial charge in [0.1, 0.15) is 0 Å². The SMILES string of the molecule is CN(CCCN=[N+]=[N-])CC1CCCCC1. The highest BCUT2D eigenvalue weighted by Crippen LogP contribution is 2.23. The Bertz CT molecular complexity index is 205. The maximum absolute atomic E-state index is 8.14. The zero-order chi connectivity index (χ0) is 10.9. The Hall–Kier alpha value is -0.730. The molecule has 0 aromatic rings.